The van der Waals surface area contributed by atoms with Gasteiger partial charge in [0, 0.05) is 6.20 Å². The molecule has 0 aliphatic carbocycles. The topological polar surface area (TPSA) is 93.5 Å². The molecular weight excluding hydrogens is 310 g/mol. The van der Waals surface area contributed by atoms with Crippen LogP contribution in [0.4, 0.5) is 5.69 Å². The van der Waals surface area contributed by atoms with Gasteiger partial charge in [-0.3, -0.25) is 9.48 Å². The van der Waals surface area contributed by atoms with E-state index in [2.05, 4.69) is 10.4 Å². The van der Waals surface area contributed by atoms with Crippen LogP contribution in [0.3, 0.4) is 0 Å². The molecule has 7 heteroatoms. The number of aliphatic carboxylic acids is 1. The fourth-order valence-corrected chi connectivity index (χ4v) is 2.09. The minimum absolute atomic E-state index is 0.201. The van der Waals surface area contributed by atoms with Crippen molar-refractivity contribution in [2.45, 2.75) is 32.2 Å². The number of carboxylic acid groups (broad SMARTS) is 1. The molecule has 1 unspecified atom stereocenters. The van der Waals surface area contributed by atoms with E-state index in [1.54, 1.807) is 26.2 Å². The molecule has 0 aliphatic heterocycles. The molecule has 1 heterocycles. The number of carbonyl (C=O) groups excluding carboxylic acids is 1. The summed E-state index contributed by atoms with van der Waals surface area (Å²) >= 11 is 0. The van der Waals surface area contributed by atoms with Gasteiger partial charge in [-0.15, -0.1) is 0 Å². The van der Waals surface area contributed by atoms with Crippen molar-refractivity contribution in [3.63, 3.8) is 0 Å². The number of hydrogen-bond acceptors (Lipinski definition) is 4. The monoisotopic (exact) mass is 331 g/mol. The summed E-state index contributed by atoms with van der Waals surface area (Å²) < 4.78 is 6.41. The summed E-state index contributed by atoms with van der Waals surface area (Å²) in [7, 11) is 1.58. The van der Waals surface area contributed by atoms with Crippen LogP contribution in [0.5, 0.6) is 5.75 Å². The second kappa shape index (κ2) is 6.74. The van der Waals surface area contributed by atoms with E-state index >= 15 is 0 Å². The van der Waals surface area contributed by atoms with E-state index in [0.29, 0.717) is 5.69 Å². The highest BCUT2D eigenvalue weighted by Gasteiger charge is 2.30. The van der Waals surface area contributed by atoms with E-state index in [0.717, 1.165) is 11.3 Å². The van der Waals surface area contributed by atoms with E-state index in [1.165, 1.54) is 30.9 Å². The van der Waals surface area contributed by atoms with Crippen LogP contribution >= 0.6 is 0 Å². The maximum Gasteiger partial charge on any atom is 0.331 e. The second-order valence-electron chi connectivity index (χ2n) is 6.02. The molecular formula is C17H21N3O4. The minimum atomic E-state index is -1.19. The quantitative estimate of drug-likeness (QED) is 0.848. The van der Waals surface area contributed by atoms with Crippen LogP contribution in [0.2, 0.25) is 0 Å². The molecule has 2 rings (SSSR count). The predicted octanol–water partition coefficient (Wildman–Crippen LogP) is 2.45. The summed E-state index contributed by atoms with van der Waals surface area (Å²) in [5.41, 5.74) is 0.117. The van der Waals surface area contributed by atoms with Crippen LogP contribution in [-0.4, -0.2) is 33.9 Å². The zero-order chi connectivity index (χ0) is 17.9. The highest BCUT2D eigenvalue weighted by Crippen LogP contribution is 2.22. The predicted molar refractivity (Wildman–Crippen MR) is 89.2 cm³/mol. The van der Waals surface area contributed by atoms with E-state index in [9.17, 15) is 14.7 Å². The van der Waals surface area contributed by atoms with E-state index < -0.39 is 11.5 Å². The van der Waals surface area contributed by atoms with Crippen molar-refractivity contribution in [3.05, 3.63) is 42.2 Å². The van der Waals surface area contributed by atoms with Gasteiger partial charge in [-0.05, 0) is 38.5 Å². The van der Waals surface area contributed by atoms with Crippen molar-refractivity contribution in [2.24, 2.45) is 0 Å². The Labute approximate surface area is 140 Å². The molecule has 1 atom stereocenters. The van der Waals surface area contributed by atoms with E-state index in [1.807, 2.05) is 12.1 Å². The first-order chi connectivity index (χ1) is 11.3. The maximum atomic E-state index is 12.4. The molecule has 2 N–H and O–H groups in total. The van der Waals surface area contributed by atoms with Gasteiger partial charge < -0.3 is 15.2 Å². The molecule has 0 bridgehead atoms. The smallest absolute Gasteiger partial charge is 0.331 e. The summed E-state index contributed by atoms with van der Waals surface area (Å²) in [6.07, 6.45) is 2.94. The summed E-state index contributed by atoms with van der Waals surface area (Å²) in [4.78, 5) is 23.6. The largest absolute Gasteiger partial charge is 0.497 e. The molecule has 2 aromatic rings. The Morgan fingerprint density at radius 3 is 2.46 bits per heavy atom. The number of hydrogen-bond donors (Lipinski definition) is 2. The summed E-state index contributed by atoms with van der Waals surface area (Å²) in [6.45, 7) is 4.87. The zero-order valence-electron chi connectivity index (χ0n) is 14.1. The first-order valence-corrected chi connectivity index (χ1v) is 7.49. The Hall–Kier alpha value is -2.83. The molecule has 0 radical (unpaired) electrons. The standard InChI is InChI=1S/C17H21N3O4/c1-11(12-5-7-14(24-4)8-6-12)15(21)19-13-9-18-20(10-13)17(2,3)16(22)23/h5-11H,1-4H3,(H,19,21)(H,22,23). The van der Waals surface area contributed by atoms with Crippen molar-refractivity contribution in [2.75, 3.05) is 12.4 Å². The Morgan fingerprint density at radius 2 is 1.92 bits per heavy atom. The molecule has 1 amide bonds. The summed E-state index contributed by atoms with van der Waals surface area (Å²) in [5, 5.41) is 16.0. The van der Waals surface area contributed by atoms with Crippen LogP contribution in [0, 0.1) is 0 Å². The number of methoxy groups -OCH3 is 1. The minimum Gasteiger partial charge on any atom is -0.497 e. The molecule has 7 nitrogen and oxygen atoms in total. The highest BCUT2D eigenvalue weighted by atomic mass is 16.5. The van der Waals surface area contributed by atoms with Gasteiger partial charge in [0.05, 0.1) is 24.9 Å². The summed E-state index contributed by atoms with van der Waals surface area (Å²) in [5.74, 6) is -0.849. The Bertz CT molecular complexity index is 735. The van der Waals surface area contributed by atoms with Crippen molar-refractivity contribution in [3.8, 4) is 5.75 Å². The van der Waals surface area contributed by atoms with Crippen molar-refractivity contribution < 1.29 is 19.4 Å². The Balaban J connectivity index is 2.09. The van der Waals surface area contributed by atoms with Gasteiger partial charge in [0.1, 0.15) is 5.75 Å². The van der Waals surface area contributed by atoms with Gasteiger partial charge in [0.25, 0.3) is 0 Å². The Morgan fingerprint density at radius 1 is 1.29 bits per heavy atom. The van der Waals surface area contributed by atoms with Crippen LogP contribution in [0.1, 0.15) is 32.3 Å². The number of nitrogens with one attached hydrogen (secondary N) is 1. The number of rotatable bonds is 6. The van der Waals surface area contributed by atoms with Crippen LogP contribution in [-0.2, 0) is 15.1 Å². The van der Waals surface area contributed by atoms with Gasteiger partial charge in [-0.25, -0.2) is 4.79 Å². The SMILES string of the molecule is COc1ccc(C(C)C(=O)Nc2cnn(C(C)(C)C(=O)O)c2)cc1. The van der Waals surface area contributed by atoms with Crippen LogP contribution in [0.15, 0.2) is 36.7 Å². The number of carbonyl (C=O) groups is 2. The van der Waals surface area contributed by atoms with Crippen molar-refractivity contribution in [1.29, 1.82) is 0 Å². The number of carboxylic acids is 1. The lowest BCUT2D eigenvalue weighted by Gasteiger charge is -2.19. The van der Waals surface area contributed by atoms with Gasteiger partial charge >= 0.3 is 5.97 Å². The second-order valence-corrected chi connectivity index (χ2v) is 6.02. The highest BCUT2D eigenvalue weighted by molar-refractivity contribution is 5.95. The molecule has 24 heavy (non-hydrogen) atoms. The van der Waals surface area contributed by atoms with Gasteiger partial charge in [-0.1, -0.05) is 12.1 Å². The lowest BCUT2D eigenvalue weighted by Crippen LogP contribution is -2.35. The molecule has 0 saturated carbocycles. The normalized spacial score (nSPS) is 12.5. The van der Waals surface area contributed by atoms with Crippen molar-refractivity contribution in [1.82, 2.24) is 9.78 Å². The summed E-state index contributed by atoms with van der Waals surface area (Å²) in [6, 6.07) is 7.26. The third-order valence-corrected chi connectivity index (χ3v) is 3.96. The van der Waals surface area contributed by atoms with Crippen LogP contribution in [0.25, 0.3) is 0 Å². The van der Waals surface area contributed by atoms with Gasteiger partial charge in [0.15, 0.2) is 5.54 Å². The number of nitrogens with zero attached hydrogens (tertiary/aromatic N) is 2. The van der Waals surface area contributed by atoms with E-state index in [4.69, 9.17) is 4.74 Å². The number of anilines is 1. The maximum absolute atomic E-state index is 12.4. The number of ether oxygens (including phenoxy) is 1. The first-order valence-electron chi connectivity index (χ1n) is 7.49. The van der Waals surface area contributed by atoms with Crippen LogP contribution < -0.4 is 10.1 Å². The number of amides is 1. The van der Waals surface area contributed by atoms with E-state index in [-0.39, 0.29) is 11.8 Å². The molecule has 0 aliphatic rings. The fraction of sp³-hybridized carbons (Fsp3) is 0.353. The van der Waals surface area contributed by atoms with Gasteiger partial charge in [0.2, 0.25) is 5.91 Å². The fourth-order valence-electron chi connectivity index (χ4n) is 2.09. The lowest BCUT2D eigenvalue weighted by molar-refractivity contribution is -0.146. The van der Waals surface area contributed by atoms with Gasteiger partial charge in [-0.2, -0.15) is 5.10 Å². The molecule has 0 saturated heterocycles. The average molecular weight is 331 g/mol. The number of aromatic nitrogens is 2. The molecule has 128 valence electrons. The molecule has 1 aromatic carbocycles. The third kappa shape index (κ3) is 3.56. The molecule has 1 aromatic heterocycles. The zero-order valence-corrected chi connectivity index (χ0v) is 14.1. The third-order valence-electron chi connectivity index (χ3n) is 3.96. The lowest BCUT2D eigenvalue weighted by atomic mass is 10.0. The number of benzene rings is 1. The molecule has 0 spiro atoms. The Kier molecular flexibility index (Phi) is 4.92. The molecule has 0 fully saturated rings. The average Bonchev–Trinajstić information content (AvgIpc) is 3.03. The first kappa shape index (κ1) is 17.5. The van der Waals surface area contributed by atoms with Crippen molar-refractivity contribution >= 4 is 17.6 Å².